The third kappa shape index (κ3) is 6.55. The van der Waals surface area contributed by atoms with Gasteiger partial charge in [0, 0.05) is 0 Å². The molecular weight excluding hydrogens is 433 g/mol. The quantitative estimate of drug-likeness (QED) is 0.598. The molecule has 0 aromatic heterocycles. The van der Waals surface area contributed by atoms with Gasteiger partial charge >= 0.3 is 6.09 Å². The number of halogens is 1. The van der Waals surface area contributed by atoms with Crippen molar-refractivity contribution in [3.8, 4) is 5.75 Å². The average Bonchev–Trinajstić information content (AvgIpc) is 2.62. The van der Waals surface area contributed by atoms with Gasteiger partial charge in [0.05, 0.1) is 22.8 Å². The number of aliphatic hydroxyl groups excluding tert-OH is 1. The minimum Gasteiger partial charge on any atom is -0.493 e. The van der Waals surface area contributed by atoms with Crippen LogP contribution in [0.5, 0.6) is 5.75 Å². The topological polar surface area (TPSA) is 67.8 Å². The molecule has 1 atom stereocenters. The molecule has 0 fully saturated rings. The van der Waals surface area contributed by atoms with Gasteiger partial charge in [-0.3, -0.25) is 0 Å². The summed E-state index contributed by atoms with van der Waals surface area (Å²) in [6.45, 7) is 2.59. The predicted molar refractivity (Wildman–Crippen MR) is 105 cm³/mol. The molecule has 0 radical (unpaired) electrons. The van der Waals surface area contributed by atoms with Gasteiger partial charge in [-0.25, -0.2) is 4.79 Å². The first kappa shape index (κ1) is 19.5. The van der Waals surface area contributed by atoms with Crippen molar-refractivity contribution >= 4 is 28.7 Å². The first-order valence-electron chi connectivity index (χ1n) is 8.11. The summed E-state index contributed by atoms with van der Waals surface area (Å²) < 4.78 is 11.7. The highest BCUT2D eigenvalue weighted by Crippen LogP contribution is 2.22. The number of rotatable bonds is 8. The zero-order chi connectivity index (χ0) is 18.1. The Morgan fingerprint density at radius 1 is 1.20 bits per heavy atom. The van der Waals surface area contributed by atoms with Crippen LogP contribution in [0.25, 0.3) is 0 Å². The molecule has 2 N–H and O–H groups in total. The number of carbonyl (C=O) groups excluding carboxylic acids is 1. The van der Waals surface area contributed by atoms with Gasteiger partial charge < -0.3 is 19.9 Å². The number of benzene rings is 2. The highest BCUT2D eigenvalue weighted by atomic mass is 127. The molecule has 0 saturated heterocycles. The van der Waals surface area contributed by atoms with E-state index in [4.69, 9.17) is 9.47 Å². The van der Waals surface area contributed by atoms with Crippen LogP contribution in [0.15, 0.2) is 48.5 Å². The fraction of sp³-hybridized carbons (Fsp3) is 0.316. The summed E-state index contributed by atoms with van der Waals surface area (Å²) in [5.41, 5.74) is 1.93. The molecule has 0 aliphatic rings. The lowest BCUT2D eigenvalue weighted by molar-refractivity contribution is 0.129. The van der Waals surface area contributed by atoms with Crippen molar-refractivity contribution < 1.29 is 19.4 Å². The summed E-state index contributed by atoms with van der Waals surface area (Å²) in [5.74, 6) is 0.836. The summed E-state index contributed by atoms with van der Waals surface area (Å²) in [6, 6.07) is 14.9. The Balaban J connectivity index is 1.87. The molecule has 25 heavy (non-hydrogen) atoms. The van der Waals surface area contributed by atoms with Crippen LogP contribution in [-0.2, 0) is 17.8 Å². The van der Waals surface area contributed by atoms with E-state index in [0.29, 0.717) is 13.0 Å². The van der Waals surface area contributed by atoms with Crippen LogP contribution in [0.2, 0.25) is 0 Å². The number of hydrogen-bond donors (Lipinski definition) is 2. The number of nitrogens with one attached hydrogen (secondary N) is 1. The second-order valence-electron chi connectivity index (χ2n) is 5.49. The normalized spacial score (nSPS) is 11.6. The second kappa shape index (κ2) is 10.2. The maximum Gasteiger partial charge on any atom is 0.407 e. The van der Waals surface area contributed by atoms with Gasteiger partial charge in [-0.05, 0) is 59.2 Å². The number of hydrogen-bond acceptors (Lipinski definition) is 4. The summed E-state index contributed by atoms with van der Waals surface area (Å²) in [7, 11) is 0. The lowest BCUT2D eigenvalue weighted by atomic mass is 10.1. The molecule has 0 saturated carbocycles. The van der Waals surface area contributed by atoms with Gasteiger partial charge in [0.2, 0.25) is 0 Å². The largest absolute Gasteiger partial charge is 0.493 e. The molecule has 6 heteroatoms. The fourth-order valence-electron chi connectivity index (χ4n) is 2.32. The smallest absolute Gasteiger partial charge is 0.407 e. The number of alkyl carbamates (subject to hydrolysis) is 1. The van der Waals surface area contributed by atoms with Crippen molar-refractivity contribution in [1.82, 2.24) is 5.32 Å². The Hall–Kier alpha value is -1.80. The van der Waals surface area contributed by atoms with Crippen molar-refractivity contribution in [3.05, 3.63) is 63.2 Å². The van der Waals surface area contributed by atoms with Crippen LogP contribution in [0.4, 0.5) is 4.79 Å². The van der Waals surface area contributed by atoms with Crippen LogP contribution in [-0.4, -0.2) is 30.5 Å². The van der Waals surface area contributed by atoms with E-state index in [1.54, 1.807) is 0 Å². The van der Waals surface area contributed by atoms with E-state index < -0.39 is 12.1 Å². The first-order valence-corrected chi connectivity index (χ1v) is 9.19. The number of amides is 1. The Morgan fingerprint density at radius 2 is 1.96 bits per heavy atom. The molecule has 0 aliphatic carbocycles. The summed E-state index contributed by atoms with van der Waals surface area (Å²) in [5, 5.41) is 12.2. The van der Waals surface area contributed by atoms with Crippen LogP contribution in [0, 0.1) is 3.57 Å². The molecule has 5 nitrogen and oxygen atoms in total. The molecule has 0 aliphatic heterocycles. The maximum atomic E-state index is 11.9. The van der Waals surface area contributed by atoms with Crippen molar-refractivity contribution in [2.75, 3.05) is 13.2 Å². The Labute approximate surface area is 161 Å². The molecular formula is C19H22INO4. The van der Waals surface area contributed by atoms with E-state index in [0.717, 1.165) is 20.4 Å². The molecule has 0 heterocycles. The van der Waals surface area contributed by atoms with Gasteiger partial charge in [0.25, 0.3) is 0 Å². The van der Waals surface area contributed by atoms with E-state index in [2.05, 4.69) is 27.9 Å². The van der Waals surface area contributed by atoms with Crippen molar-refractivity contribution in [2.45, 2.75) is 26.0 Å². The van der Waals surface area contributed by atoms with Gasteiger partial charge in [0.1, 0.15) is 12.4 Å². The van der Waals surface area contributed by atoms with Gasteiger partial charge in [0.15, 0.2) is 0 Å². The lowest BCUT2D eigenvalue weighted by Crippen LogP contribution is -2.39. The monoisotopic (exact) mass is 455 g/mol. The van der Waals surface area contributed by atoms with Gasteiger partial charge in [-0.1, -0.05) is 36.4 Å². The predicted octanol–water partition coefficient (Wildman–Crippen LogP) is 3.52. The van der Waals surface area contributed by atoms with Crippen molar-refractivity contribution in [2.24, 2.45) is 0 Å². The molecule has 2 aromatic carbocycles. The Morgan fingerprint density at radius 3 is 2.60 bits per heavy atom. The van der Waals surface area contributed by atoms with Crippen LogP contribution in [0.1, 0.15) is 18.1 Å². The number of aliphatic hydroxyl groups is 1. The highest BCUT2D eigenvalue weighted by Gasteiger charge is 2.14. The van der Waals surface area contributed by atoms with Crippen LogP contribution >= 0.6 is 22.6 Å². The van der Waals surface area contributed by atoms with E-state index in [1.165, 1.54) is 0 Å². The standard InChI is InChI=1S/C19H22INO4/c1-2-24-18-9-8-15(11-17(18)20)10-16(12-22)21-19(23)25-13-14-6-4-3-5-7-14/h3-9,11,16,22H,2,10,12-13H2,1H3,(H,21,23). The fourth-order valence-corrected chi connectivity index (χ4v) is 3.06. The van der Waals surface area contributed by atoms with E-state index in [-0.39, 0.29) is 13.2 Å². The molecule has 2 aromatic rings. The molecule has 134 valence electrons. The summed E-state index contributed by atoms with van der Waals surface area (Å²) in [6.07, 6.45) is -0.0252. The molecule has 0 spiro atoms. The Kier molecular flexibility index (Phi) is 8.00. The van der Waals surface area contributed by atoms with Gasteiger partial charge in [-0.2, -0.15) is 0 Å². The third-order valence-corrected chi connectivity index (χ3v) is 4.38. The average molecular weight is 455 g/mol. The lowest BCUT2D eigenvalue weighted by Gasteiger charge is -2.17. The molecule has 2 rings (SSSR count). The van der Waals surface area contributed by atoms with E-state index in [9.17, 15) is 9.90 Å². The zero-order valence-electron chi connectivity index (χ0n) is 14.1. The summed E-state index contributed by atoms with van der Waals surface area (Å²) >= 11 is 2.21. The molecule has 0 bridgehead atoms. The molecule has 1 unspecified atom stereocenters. The SMILES string of the molecule is CCOc1ccc(CC(CO)NC(=O)OCc2ccccc2)cc1I. The highest BCUT2D eigenvalue weighted by molar-refractivity contribution is 14.1. The van der Waals surface area contributed by atoms with Gasteiger partial charge in [-0.15, -0.1) is 0 Å². The first-order chi connectivity index (χ1) is 12.1. The molecule has 1 amide bonds. The Bertz CT molecular complexity index is 678. The van der Waals surface area contributed by atoms with E-state index in [1.807, 2.05) is 55.5 Å². The minimum atomic E-state index is -0.538. The minimum absolute atomic E-state index is 0.162. The number of carbonyl (C=O) groups is 1. The maximum absolute atomic E-state index is 11.9. The second-order valence-corrected chi connectivity index (χ2v) is 6.65. The zero-order valence-corrected chi connectivity index (χ0v) is 16.2. The van der Waals surface area contributed by atoms with Crippen molar-refractivity contribution in [3.63, 3.8) is 0 Å². The number of ether oxygens (including phenoxy) is 2. The van der Waals surface area contributed by atoms with Crippen LogP contribution < -0.4 is 10.1 Å². The summed E-state index contributed by atoms with van der Waals surface area (Å²) in [4.78, 5) is 11.9. The van der Waals surface area contributed by atoms with Crippen LogP contribution in [0.3, 0.4) is 0 Å². The third-order valence-electron chi connectivity index (χ3n) is 3.53. The van der Waals surface area contributed by atoms with Crippen molar-refractivity contribution in [1.29, 1.82) is 0 Å². The van der Waals surface area contributed by atoms with E-state index >= 15 is 0 Å².